The van der Waals surface area contributed by atoms with E-state index in [1.54, 1.807) is 0 Å². The number of likely N-dealkylation sites (tertiary alicyclic amines) is 1. The molecule has 1 aromatic carbocycles. The van der Waals surface area contributed by atoms with Crippen molar-refractivity contribution >= 4 is 16.7 Å². The highest BCUT2D eigenvalue weighted by atomic mass is 19.4. The Balaban J connectivity index is 1.27. The van der Waals surface area contributed by atoms with Crippen molar-refractivity contribution in [2.45, 2.75) is 56.4 Å². The Morgan fingerprint density at radius 1 is 0.943 bits per heavy atom. The van der Waals surface area contributed by atoms with Gasteiger partial charge in [-0.05, 0) is 63.4 Å². The first-order valence-electron chi connectivity index (χ1n) is 12.6. The Labute approximate surface area is 203 Å². The molecule has 1 saturated carbocycles. The van der Waals surface area contributed by atoms with Crippen molar-refractivity contribution in [3.05, 3.63) is 53.6 Å². The molecule has 9 heteroatoms. The minimum atomic E-state index is -4.42. The number of para-hydroxylation sites is 1. The molecule has 186 valence electrons. The summed E-state index contributed by atoms with van der Waals surface area (Å²) in [7, 11) is 1.90. The summed E-state index contributed by atoms with van der Waals surface area (Å²) in [6, 6.07) is 9.01. The highest BCUT2D eigenvalue weighted by molar-refractivity contribution is 5.89. The van der Waals surface area contributed by atoms with Gasteiger partial charge in [-0.1, -0.05) is 6.07 Å². The largest absolute Gasteiger partial charge is 0.418 e. The lowest BCUT2D eigenvalue weighted by molar-refractivity contribution is -0.139. The van der Waals surface area contributed by atoms with Crippen LogP contribution in [0.2, 0.25) is 0 Å². The Morgan fingerprint density at radius 2 is 1.71 bits per heavy atom. The lowest BCUT2D eigenvalue weighted by Gasteiger charge is -2.39. The van der Waals surface area contributed by atoms with Crippen LogP contribution in [0.25, 0.3) is 11.0 Å². The smallest absolute Gasteiger partial charge is 0.367 e. The topological polar surface area (TPSA) is 51.3 Å². The second kappa shape index (κ2) is 8.78. The maximum absolute atomic E-state index is 13.7. The summed E-state index contributed by atoms with van der Waals surface area (Å²) in [6.45, 7) is 4.14. The van der Waals surface area contributed by atoms with Crippen molar-refractivity contribution in [3.63, 3.8) is 0 Å². The molecule has 0 bridgehead atoms. The van der Waals surface area contributed by atoms with Crippen LogP contribution in [0.3, 0.4) is 0 Å². The van der Waals surface area contributed by atoms with Crippen molar-refractivity contribution < 1.29 is 13.2 Å². The molecule has 35 heavy (non-hydrogen) atoms. The molecule has 2 saturated heterocycles. The molecule has 4 heterocycles. The summed E-state index contributed by atoms with van der Waals surface area (Å²) in [6.07, 6.45) is 2.00. The van der Waals surface area contributed by atoms with Gasteiger partial charge in [0.2, 0.25) is 0 Å². The fourth-order valence-corrected chi connectivity index (χ4v) is 5.93. The lowest BCUT2D eigenvalue weighted by atomic mass is 9.91. The maximum Gasteiger partial charge on any atom is 0.418 e. The first-order valence-corrected chi connectivity index (χ1v) is 12.6. The quantitative estimate of drug-likeness (QED) is 0.555. The summed E-state index contributed by atoms with van der Waals surface area (Å²) in [4.78, 5) is 19.7. The number of rotatable bonds is 4. The van der Waals surface area contributed by atoms with Crippen LogP contribution >= 0.6 is 0 Å². The van der Waals surface area contributed by atoms with Crippen LogP contribution in [-0.2, 0) is 6.18 Å². The summed E-state index contributed by atoms with van der Waals surface area (Å²) in [5.41, 5.74) is 2.53. The number of aromatic nitrogens is 3. The van der Waals surface area contributed by atoms with Crippen LogP contribution in [-0.4, -0.2) is 64.0 Å². The molecule has 2 aliphatic heterocycles. The summed E-state index contributed by atoms with van der Waals surface area (Å²) >= 11 is 0. The van der Waals surface area contributed by atoms with Crippen LogP contribution < -0.4 is 4.90 Å². The minimum Gasteiger partial charge on any atom is -0.367 e. The van der Waals surface area contributed by atoms with Crippen LogP contribution in [0.1, 0.15) is 61.3 Å². The van der Waals surface area contributed by atoms with E-state index in [-0.39, 0.29) is 11.7 Å². The van der Waals surface area contributed by atoms with Gasteiger partial charge in [-0.3, -0.25) is 14.8 Å². The number of pyridine rings is 1. The highest BCUT2D eigenvalue weighted by Gasteiger charge is 2.40. The highest BCUT2D eigenvalue weighted by Crippen LogP contribution is 2.43. The summed E-state index contributed by atoms with van der Waals surface area (Å²) < 4.78 is 41.1. The Morgan fingerprint density at radius 3 is 2.46 bits per heavy atom. The standard InChI is InChI=1S/C26H31F3N6/c1-33-20(23-18(26(27,28)29)5-4-12-30-23)7-3-9-22(33)25-31-19-6-2-8-21(24(19)32-25)35-15-13-34(14-16-35)17-10-11-17/h2,4-6,8,12,17,20,22H,3,7,9-11,13-16H2,1H3,(H,31,32)/t20-,22+/m0/s1. The number of H-pyrrole nitrogens is 1. The molecule has 1 aliphatic carbocycles. The van der Waals surface area contributed by atoms with Gasteiger partial charge in [0, 0.05) is 38.4 Å². The fraction of sp³-hybridized carbons (Fsp3) is 0.538. The van der Waals surface area contributed by atoms with E-state index >= 15 is 0 Å². The zero-order valence-corrected chi connectivity index (χ0v) is 19.9. The second-order valence-corrected chi connectivity index (χ2v) is 10.1. The van der Waals surface area contributed by atoms with Crippen molar-refractivity contribution in [1.29, 1.82) is 0 Å². The van der Waals surface area contributed by atoms with E-state index in [9.17, 15) is 13.2 Å². The number of fused-ring (bicyclic) bond motifs is 1. The molecule has 0 radical (unpaired) electrons. The summed E-state index contributed by atoms with van der Waals surface area (Å²) in [5, 5.41) is 0. The molecular weight excluding hydrogens is 453 g/mol. The van der Waals surface area contributed by atoms with Crippen molar-refractivity contribution in [3.8, 4) is 0 Å². The molecule has 0 unspecified atom stereocenters. The van der Waals surface area contributed by atoms with Gasteiger partial charge in [-0.15, -0.1) is 0 Å². The van der Waals surface area contributed by atoms with Crippen LogP contribution in [0.5, 0.6) is 0 Å². The van der Waals surface area contributed by atoms with Gasteiger partial charge in [0.05, 0.1) is 34.5 Å². The van der Waals surface area contributed by atoms with E-state index in [0.29, 0.717) is 6.42 Å². The van der Waals surface area contributed by atoms with Crippen molar-refractivity contribution in [2.75, 3.05) is 38.1 Å². The van der Waals surface area contributed by atoms with Crippen molar-refractivity contribution in [1.82, 2.24) is 24.8 Å². The number of imidazole rings is 1. The fourth-order valence-electron chi connectivity index (χ4n) is 5.93. The molecule has 2 aromatic heterocycles. The van der Waals surface area contributed by atoms with Crippen LogP contribution in [0.15, 0.2) is 36.5 Å². The number of nitrogens with zero attached hydrogens (tertiary/aromatic N) is 5. The molecule has 3 aromatic rings. The number of piperidine rings is 1. The third-order valence-electron chi connectivity index (χ3n) is 7.94. The monoisotopic (exact) mass is 484 g/mol. The Kier molecular flexibility index (Phi) is 5.72. The van der Waals surface area contributed by atoms with E-state index in [0.717, 1.165) is 73.7 Å². The second-order valence-electron chi connectivity index (χ2n) is 10.1. The molecule has 0 spiro atoms. The zero-order chi connectivity index (χ0) is 24.2. The number of piperazine rings is 1. The van der Waals surface area contributed by atoms with E-state index in [1.165, 1.54) is 25.1 Å². The van der Waals surface area contributed by atoms with E-state index in [1.807, 2.05) is 18.0 Å². The van der Waals surface area contributed by atoms with E-state index in [2.05, 4.69) is 31.9 Å². The van der Waals surface area contributed by atoms with Gasteiger partial charge in [0.25, 0.3) is 0 Å². The number of hydrogen-bond acceptors (Lipinski definition) is 5. The third kappa shape index (κ3) is 4.29. The molecular formula is C26H31F3N6. The first-order chi connectivity index (χ1) is 16.9. The lowest BCUT2D eigenvalue weighted by Crippen LogP contribution is -2.47. The van der Waals surface area contributed by atoms with Gasteiger partial charge in [0.15, 0.2) is 0 Å². The number of benzene rings is 1. The Hall–Kier alpha value is -2.65. The normalized spacial score (nSPS) is 24.9. The molecule has 1 N–H and O–H groups in total. The van der Waals surface area contributed by atoms with Crippen LogP contribution in [0.4, 0.5) is 18.9 Å². The van der Waals surface area contributed by atoms with Crippen LogP contribution in [0, 0.1) is 0 Å². The minimum absolute atomic E-state index is 0.0937. The predicted molar refractivity (Wildman–Crippen MR) is 129 cm³/mol. The molecule has 6 nitrogen and oxygen atoms in total. The number of nitrogens with one attached hydrogen (secondary N) is 1. The maximum atomic E-state index is 13.7. The average molecular weight is 485 g/mol. The molecule has 3 aliphatic rings. The van der Waals surface area contributed by atoms with E-state index < -0.39 is 17.8 Å². The number of alkyl halides is 3. The van der Waals surface area contributed by atoms with Gasteiger partial charge in [-0.2, -0.15) is 13.2 Å². The Bertz CT molecular complexity index is 1200. The first kappa shape index (κ1) is 22.8. The average Bonchev–Trinajstić information content (AvgIpc) is 3.62. The molecule has 0 amide bonds. The van der Waals surface area contributed by atoms with Gasteiger partial charge in [0.1, 0.15) is 11.3 Å². The number of halogens is 3. The molecule has 3 fully saturated rings. The van der Waals surface area contributed by atoms with E-state index in [4.69, 9.17) is 4.98 Å². The number of anilines is 1. The number of aromatic amines is 1. The summed E-state index contributed by atoms with van der Waals surface area (Å²) in [5.74, 6) is 0.820. The number of hydrogen-bond donors (Lipinski definition) is 1. The van der Waals surface area contributed by atoms with Gasteiger partial charge < -0.3 is 9.88 Å². The molecule has 2 atom stereocenters. The predicted octanol–water partition coefficient (Wildman–Crippen LogP) is 5.16. The molecule has 6 rings (SSSR count). The van der Waals surface area contributed by atoms with Crippen molar-refractivity contribution in [2.24, 2.45) is 0 Å². The van der Waals surface area contributed by atoms with Gasteiger partial charge in [-0.25, -0.2) is 4.98 Å². The zero-order valence-electron chi connectivity index (χ0n) is 19.9. The third-order valence-corrected chi connectivity index (χ3v) is 7.94. The van der Waals surface area contributed by atoms with Gasteiger partial charge >= 0.3 is 6.18 Å². The SMILES string of the molecule is CN1[C@@H](c2nc3c(N4CCN(C5CC5)CC4)cccc3[nH]2)CCC[C@H]1c1ncccc1C(F)(F)F.